The fraction of sp³-hybridized carbons (Fsp3) is 0.208. The molecule has 0 spiro atoms. The maximum atomic E-state index is 14.6. The third-order valence-electron chi connectivity index (χ3n) is 6.00. The van der Waals surface area contributed by atoms with E-state index in [1.807, 2.05) is 11.8 Å². The van der Waals surface area contributed by atoms with E-state index in [9.17, 15) is 12.8 Å². The lowest BCUT2D eigenvalue weighted by Crippen LogP contribution is -2.36. The van der Waals surface area contributed by atoms with E-state index in [1.165, 1.54) is 19.2 Å². The average molecular weight is 492 g/mol. The Morgan fingerprint density at radius 2 is 1.74 bits per heavy atom. The van der Waals surface area contributed by atoms with Gasteiger partial charge in [-0.1, -0.05) is 18.2 Å². The number of anilines is 2. The summed E-state index contributed by atoms with van der Waals surface area (Å²) in [6, 6.07) is 12.2. The molecule has 1 unspecified atom stereocenters. The van der Waals surface area contributed by atoms with Crippen molar-refractivity contribution in [2.24, 2.45) is 0 Å². The normalized spacial score (nSPS) is 15.5. The van der Waals surface area contributed by atoms with Crippen molar-refractivity contribution in [2.75, 3.05) is 22.8 Å². The first-order valence-corrected chi connectivity index (χ1v) is 12.4. The summed E-state index contributed by atoms with van der Waals surface area (Å²) in [5, 5.41) is 0. The molecule has 1 aromatic carbocycles. The van der Waals surface area contributed by atoms with Crippen molar-refractivity contribution in [2.45, 2.75) is 24.3 Å². The lowest BCUT2D eigenvalue weighted by atomic mass is 9.99. The molecule has 3 aromatic heterocycles. The molecule has 9 nitrogen and oxygen atoms in total. The van der Waals surface area contributed by atoms with Crippen molar-refractivity contribution >= 4 is 21.5 Å². The minimum atomic E-state index is -3.86. The first-order chi connectivity index (χ1) is 16.8. The number of fused-ring (bicyclic) bond motifs is 1. The van der Waals surface area contributed by atoms with Crippen LogP contribution in [0.1, 0.15) is 24.2 Å². The third-order valence-corrected chi connectivity index (χ3v) is 7.80. The highest BCUT2D eigenvalue weighted by Crippen LogP contribution is 2.34. The predicted octanol–water partition coefficient (Wildman–Crippen LogP) is 3.42. The molecule has 0 N–H and O–H groups in total. The number of halogens is 1. The molecule has 5 rings (SSSR count). The van der Waals surface area contributed by atoms with Gasteiger partial charge < -0.3 is 4.90 Å². The summed E-state index contributed by atoms with van der Waals surface area (Å²) in [4.78, 5) is 23.6. The fourth-order valence-electron chi connectivity index (χ4n) is 4.09. The molecule has 1 aliphatic rings. The molecule has 178 valence electrons. The first-order valence-electron chi connectivity index (χ1n) is 11.0. The Balaban J connectivity index is 1.46. The van der Waals surface area contributed by atoms with Crippen LogP contribution in [0.15, 0.2) is 72.0 Å². The zero-order chi connectivity index (χ0) is 24.6. The van der Waals surface area contributed by atoms with Gasteiger partial charge in [-0.05, 0) is 25.1 Å². The predicted molar refractivity (Wildman–Crippen MR) is 129 cm³/mol. The summed E-state index contributed by atoms with van der Waals surface area (Å²) in [6.45, 7) is 2.47. The second kappa shape index (κ2) is 8.99. The summed E-state index contributed by atoms with van der Waals surface area (Å²) in [5.74, 6) is 0.468. The number of nitrogens with zero attached hydrogens (tertiary/aromatic N) is 7. The standard InChI is InChI=1S/C24H22FN7O2S/c1-16-19-15-28-24(23-26-10-6-11-27-23)29-20(19)9-12-32(16)22-14-17(13-21(25)30-22)31(2)35(33,34)18-7-4-3-5-8-18/h3-8,10-11,13-16H,9,12H2,1-2H3. The maximum Gasteiger partial charge on any atom is 0.264 e. The Labute approximate surface area is 202 Å². The van der Waals surface area contributed by atoms with E-state index in [0.29, 0.717) is 30.4 Å². The number of benzene rings is 1. The summed E-state index contributed by atoms with van der Waals surface area (Å²) in [6.07, 6.45) is 5.58. The fourth-order valence-corrected chi connectivity index (χ4v) is 5.29. The van der Waals surface area contributed by atoms with Gasteiger partial charge in [0.05, 0.1) is 22.3 Å². The SMILES string of the molecule is CC1c2cnc(-c3ncccn3)nc2CCN1c1cc(N(C)S(=O)(=O)c2ccccc2)cc(F)n1. The lowest BCUT2D eigenvalue weighted by Gasteiger charge is -2.35. The summed E-state index contributed by atoms with van der Waals surface area (Å²) >= 11 is 0. The van der Waals surface area contributed by atoms with E-state index in [-0.39, 0.29) is 16.6 Å². The van der Waals surface area contributed by atoms with Gasteiger partial charge in [0.25, 0.3) is 10.0 Å². The molecule has 1 aliphatic heterocycles. The van der Waals surface area contributed by atoms with E-state index in [2.05, 4.69) is 24.9 Å². The number of sulfonamides is 1. The van der Waals surface area contributed by atoms with Crippen LogP contribution in [-0.2, 0) is 16.4 Å². The van der Waals surface area contributed by atoms with E-state index in [4.69, 9.17) is 0 Å². The molecule has 0 saturated carbocycles. The minimum Gasteiger partial charge on any atom is -0.349 e. The number of hydrogen-bond donors (Lipinski definition) is 0. The van der Waals surface area contributed by atoms with Crippen molar-refractivity contribution in [3.05, 3.63) is 84.3 Å². The van der Waals surface area contributed by atoms with Crippen LogP contribution in [0.5, 0.6) is 0 Å². The van der Waals surface area contributed by atoms with Gasteiger partial charge in [-0.3, -0.25) is 4.31 Å². The maximum absolute atomic E-state index is 14.6. The van der Waals surface area contributed by atoms with Gasteiger partial charge in [-0.2, -0.15) is 4.39 Å². The Bertz CT molecular complexity index is 1470. The summed E-state index contributed by atoms with van der Waals surface area (Å²) < 4.78 is 41.8. The van der Waals surface area contributed by atoms with Crippen LogP contribution < -0.4 is 9.21 Å². The second-order valence-corrected chi connectivity index (χ2v) is 10.0. The zero-order valence-corrected chi connectivity index (χ0v) is 19.9. The lowest BCUT2D eigenvalue weighted by molar-refractivity contribution is 0.562. The molecule has 0 radical (unpaired) electrons. The van der Waals surface area contributed by atoms with Crippen LogP contribution in [0.25, 0.3) is 11.6 Å². The Kier molecular flexibility index (Phi) is 5.85. The van der Waals surface area contributed by atoms with E-state index in [0.717, 1.165) is 21.6 Å². The summed E-state index contributed by atoms with van der Waals surface area (Å²) in [7, 11) is -2.46. The second-order valence-electron chi connectivity index (χ2n) is 8.08. The highest BCUT2D eigenvalue weighted by atomic mass is 32.2. The molecule has 1 atom stereocenters. The minimum absolute atomic E-state index is 0.122. The molecular formula is C24H22FN7O2S. The zero-order valence-electron chi connectivity index (χ0n) is 19.1. The van der Waals surface area contributed by atoms with Crippen molar-refractivity contribution in [1.29, 1.82) is 0 Å². The first kappa shape index (κ1) is 22.8. The van der Waals surface area contributed by atoms with E-state index in [1.54, 1.807) is 48.9 Å². The van der Waals surface area contributed by atoms with Crippen molar-refractivity contribution in [3.63, 3.8) is 0 Å². The highest BCUT2D eigenvalue weighted by Gasteiger charge is 2.29. The molecule has 4 aromatic rings. The monoisotopic (exact) mass is 491 g/mol. The molecular weight excluding hydrogens is 469 g/mol. The van der Waals surface area contributed by atoms with E-state index >= 15 is 0 Å². The quantitative estimate of drug-likeness (QED) is 0.391. The Hall–Kier alpha value is -3.99. The highest BCUT2D eigenvalue weighted by molar-refractivity contribution is 7.92. The van der Waals surface area contributed by atoms with Gasteiger partial charge in [0.1, 0.15) is 5.82 Å². The van der Waals surface area contributed by atoms with Crippen molar-refractivity contribution in [3.8, 4) is 11.6 Å². The molecule has 0 fully saturated rings. The molecule has 0 amide bonds. The molecule has 0 aliphatic carbocycles. The van der Waals surface area contributed by atoms with Crippen LogP contribution in [0.4, 0.5) is 15.9 Å². The van der Waals surface area contributed by atoms with Gasteiger partial charge in [-0.15, -0.1) is 0 Å². The van der Waals surface area contributed by atoms with Crippen LogP contribution >= 0.6 is 0 Å². The van der Waals surface area contributed by atoms with Gasteiger partial charge in [0.2, 0.25) is 5.95 Å². The van der Waals surface area contributed by atoms with Crippen molar-refractivity contribution < 1.29 is 12.8 Å². The molecule has 4 heterocycles. The average Bonchev–Trinajstić information content (AvgIpc) is 2.89. The Morgan fingerprint density at radius 3 is 2.49 bits per heavy atom. The van der Waals surface area contributed by atoms with Crippen LogP contribution in [-0.4, -0.2) is 46.9 Å². The largest absolute Gasteiger partial charge is 0.349 e. The van der Waals surface area contributed by atoms with Crippen molar-refractivity contribution in [1.82, 2.24) is 24.9 Å². The Morgan fingerprint density at radius 1 is 1.00 bits per heavy atom. The van der Waals surface area contributed by atoms with Crippen LogP contribution in [0.2, 0.25) is 0 Å². The van der Waals surface area contributed by atoms with Gasteiger partial charge in [-0.25, -0.2) is 33.3 Å². The summed E-state index contributed by atoms with van der Waals surface area (Å²) in [5.41, 5.74) is 1.93. The van der Waals surface area contributed by atoms with Crippen LogP contribution in [0.3, 0.4) is 0 Å². The molecule has 0 bridgehead atoms. The number of rotatable bonds is 5. The van der Waals surface area contributed by atoms with Gasteiger partial charge in [0, 0.05) is 56.3 Å². The topological polar surface area (TPSA) is 105 Å². The van der Waals surface area contributed by atoms with E-state index < -0.39 is 16.0 Å². The molecule has 35 heavy (non-hydrogen) atoms. The molecule has 0 saturated heterocycles. The third kappa shape index (κ3) is 4.30. The molecule has 11 heteroatoms. The smallest absolute Gasteiger partial charge is 0.264 e. The number of pyridine rings is 1. The van der Waals surface area contributed by atoms with Gasteiger partial charge in [0.15, 0.2) is 11.6 Å². The number of hydrogen-bond acceptors (Lipinski definition) is 8. The van der Waals surface area contributed by atoms with Crippen LogP contribution in [0, 0.1) is 5.95 Å². The van der Waals surface area contributed by atoms with Gasteiger partial charge >= 0.3 is 0 Å². The number of aromatic nitrogens is 5.